The molecule has 0 spiro atoms. The molecule has 0 aliphatic rings. The van der Waals surface area contributed by atoms with Crippen LogP contribution in [0.5, 0.6) is 0 Å². The molecule has 0 bridgehead atoms. The summed E-state index contributed by atoms with van der Waals surface area (Å²) in [6, 6.07) is 5.46. The van der Waals surface area contributed by atoms with Crippen molar-refractivity contribution in [1.29, 1.82) is 0 Å². The number of nitrogens with zero attached hydrogens (tertiary/aromatic N) is 1. The van der Waals surface area contributed by atoms with Crippen LogP contribution in [0.15, 0.2) is 23.3 Å². The molecule has 12 heavy (non-hydrogen) atoms. The van der Waals surface area contributed by atoms with E-state index in [1.165, 1.54) is 0 Å². The fraction of sp³-hybridized carbons (Fsp3) is 0.125. The fourth-order valence-electron chi connectivity index (χ4n) is 0.874. The first-order valence-corrected chi connectivity index (χ1v) is 3.55. The van der Waals surface area contributed by atoms with Gasteiger partial charge in [-0.05, 0) is 18.6 Å². The molecule has 4 heteroatoms. The standard InChI is InChI=1S/C8H12N4/c1-5-2-3-6(4-7(5)9)8(10)12-11/h2-4H,9,11H2,1H3,(H2,10,12). The molecule has 0 aromatic heterocycles. The molecule has 0 amide bonds. The lowest BCUT2D eigenvalue weighted by atomic mass is 10.1. The molecule has 0 saturated heterocycles. The van der Waals surface area contributed by atoms with Gasteiger partial charge in [-0.2, -0.15) is 5.10 Å². The van der Waals surface area contributed by atoms with Crippen molar-refractivity contribution >= 4 is 11.5 Å². The molecule has 1 rings (SSSR count). The van der Waals surface area contributed by atoms with E-state index in [0.717, 1.165) is 11.1 Å². The zero-order valence-corrected chi connectivity index (χ0v) is 6.91. The van der Waals surface area contributed by atoms with Crippen molar-refractivity contribution in [3.05, 3.63) is 29.3 Å². The number of nitrogen functional groups attached to an aromatic ring is 1. The molecule has 0 radical (unpaired) electrons. The summed E-state index contributed by atoms with van der Waals surface area (Å²) in [5.74, 6) is 5.31. The van der Waals surface area contributed by atoms with E-state index in [9.17, 15) is 0 Å². The number of hydrogen-bond donors (Lipinski definition) is 3. The third kappa shape index (κ3) is 1.47. The first-order valence-electron chi connectivity index (χ1n) is 3.55. The van der Waals surface area contributed by atoms with Crippen LogP contribution >= 0.6 is 0 Å². The number of anilines is 1. The minimum Gasteiger partial charge on any atom is -0.398 e. The van der Waals surface area contributed by atoms with Crippen LogP contribution in [0.2, 0.25) is 0 Å². The van der Waals surface area contributed by atoms with E-state index in [1.807, 2.05) is 19.1 Å². The van der Waals surface area contributed by atoms with Crippen molar-refractivity contribution in [3.63, 3.8) is 0 Å². The van der Waals surface area contributed by atoms with Crippen LogP contribution in [0.4, 0.5) is 5.69 Å². The Kier molecular flexibility index (Phi) is 2.19. The van der Waals surface area contributed by atoms with E-state index in [1.54, 1.807) is 6.07 Å². The summed E-state index contributed by atoms with van der Waals surface area (Å²) in [5.41, 5.74) is 13.6. The van der Waals surface area contributed by atoms with Gasteiger partial charge in [-0.1, -0.05) is 12.1 Å². The molecule has 4 nitrogen and oxygen atoms in total. The van der Waals surface area contributed by atoms with Gasteiger partial charge in [0, 0.05) is 11.3 Å². The zero-order chi connectivity index (χ0) is 9.14. The van der Waals surface area contributed by atoms with Crippen LogP contribution in [0.1, 0.15) is 11.1 Å². The second kappa shape index (κ2) is 3.13. The molecule has 6 N–H and O–H groups in total. The SMILES string of the molecule is Cc1ccc(/C(N)=N/N)cc1N. The number of benzene rings is 1. The lowest BCUT2D eigenvalue weighted by Gasteiger charge is -2.02. The normalized spacial score (nSPS) is 11.6. The number of amidine groups is 1. The lowest BCUT2D eigenvalue weighted by molar-refractivity contribution is 1.23. The van der Waals surface area contributed by atoms with Crippen LogP contribution in [-0.2, 0) is 0 Å². The Morgan fingerprint density at radius 3 is 2.58 bits per heavy atom. The Morgan fingerprint density at radius 1 is 1.42 bits per heavy atom. The zero-order valence-electron chi connectivity index (χ0n) is 6.91. The lowest BCUT2D eigenvalue weighted by Crippen LogP contribution is -2.15. The molecule has 1 aromatic rings. The van der Waals surface area contributed by atoms with Crippen LogP contribution in [-0.4, -0.2) is 5.84 Å². The number of rotatable bonds is 1. The highest BCUT2D eigenvalue weighted by atomic mass is 15.1. The number of hydrogen-bond acceptors (Lipinski definition) is 3. The number of nitrogens with two attached hydrogens (primary N) is 3. The van der Waals surface area contributed by atoms with Crippen molar-refractivity contribution in [2.24, 2.45) is 16.7 Å². The molecule has 0 saturated carbocycles. The molecule has 64 valence electrons. The molecule has 0 aliphatic carbocycles. The largest absolute Gasteiger partial charge is 0.398 e. The van der Waals surface area contributed by atoms with Gasteiger partial charge in [-0.3, -0.25) is 0 Å². The highest BCUT2D eigenvalue weighted by Crippen LogP contribution is 2.12. The van der Waals surface area contributed by atoms with Crippen molar-refractivity contribution in [3.8, 4) is 0 Å². The van der Waals surface area contributed by atoms with Crippen LogP contribution in [0.3, 0.4) is 0 Å². The first kappa shape index (κ1) is 8.39. The van der Waals surface area contributed by atoms with Crippen LogP contribution < -0.4 is 17.3 Å². The summed E-state index contributed by atoms with van der Waals surface area (Å²) >= 11 is 0. The molecule has 0 fully saturated rings. The fourth-order valence-corrected chi connectivity index (χ4v) is 0.874. The molecular weight excluding hydrogens is 152 g/mol. The second-order valence-electron chi connectivity index (χ2n) is 2.59. The Bertz CT molecular complexity index is 317. The summed E-state index contributed by atoms with van der Waals surface area (Å²) < 4.78 is 0. The van der Waals surface area contributed by atoms with Gasteiger partial charge in [-0.25, -0.2) is 0 Å². The maximum atomic E-state index is 5.66. The quantitative estimate of drug-likeness (QED) is 0.181. The second-order valence-corrected chi connectivity index (χ2v) is 2.59. The average Bonchev–Trinajstić information content (AvgIpc) is 2.08. The monoisotopic (exact) mass is 164 g/mol. The maximum Gasteiger partial charge on any atom is 0.150 e. The van der Waals surface area contributed by atoms with E-state index in [4.69, 9.17) is 17.3 Å². The van der Waals surface area contributed by atoms with Gasteiger partial charge in [-0.15, -0.1) is 0 Å². The third-order valence-corrected chi connectivity index (χ3v) is 1.71. The highest BCUT2D eigenvalue weighted by Gasteiger charge is 1.99. The van der Waals surface area contributed by atoms with Crippen LogP contribution in [0, 0.1) is 6.92 Å². The Labute approximate surface area is 71.0 Å². The predicted octanol–water partition coefficient (Wildman–Crippen LogP) is 0.156. The summed E-state index contributed by atoms with van der Waals surface area (Å²) in [7, 11) is 0. The summed E-state index contributed by atoms with van der Waals surface area (Å²) in [4.78, 5) is 0. The smallest absolute Gasteiger partial charge is 0.150 e. The summed E-state index contributed by atoms with van der Waals surface area (Å²) in [6.07, 6.45) is 0. The van der Waals surface area contributed by atoms with Crippen molar-refractivity contribution in [2.45, 2.75) is 6.92 Å². The van der Waals surface area contributed by atoms with E-state index in [-0.39, 0.29) is 0 Å². The molecule has 0 unspecified atom stereocenters. The highest BCUT2D eigenvalue weighted by molar-refractivity contribution is 5.98. The van der Waals surface area contributed by atoms with Gasteiger partial charge < -0.3 is 17.3 Å². The first-order chi connectivity index (χ1) is 5.65. The van der Waals surface area contributed by atoms with Gasteiger partial charge in [0.05, 0.1) is 0 Å². The Morgan fingerprint density at radius 2 is 2.08 bits per heavy atom. The van der Waals surface area contributed by atoms with Gasteiger partial charge in [0.1, 0.15) is 5.84 Å². The van der Waals surface area contributed by atoms with E-state index in [2.05, 4.69) is 5.10 Å². The minimum atomic E-state index is 0.293. The maximum absolute atomic E-state index is 5.66. The average molecular weight is 164 g/mol. The minimum absolute atomic E-state index is 0.293. The summed E-state index contributed by atoms with van der Waals surface area (Å²) in [6.45, 7) is 1.93. The predicted molar refractivity (Wildman–Crippen MR) is 50.5 cm³/mol. The number of hydrazone groups is 1. The Balaban J connectivity index is 3.13. The van der Waals surface area contributed by atoms with E-state index < -0.39 is 0 Å². The van der Waals surface area contributed by atoms with Gasteiger partial charge in [0.25, 0.3) is 0 Å². The third-order valence-electron chi connectivity index (χ3n) is 1.71. The van der Waals surface area contributed by atoms with Crippen molar-refractivity contribution < 1.29 is 0 Å². The van der Waals surface area contributed by atoms with Crippen LogP contribution in [0.25, 0.3) is 0 Å². The number of aryl methyl sites for hydroxylation is 1. The molecule has 1 aromatic carbocycles. The van der Waals surface area contributed by atoms with Gasteiger partial charge >= 0.3 is 0 Å². The van der Waals surface area contributed by atoms with Gasteiger partial charge in [0.2, 0.25) is 0 Å². The van der Waals surface area contributed by atoms with E-state index in [0.29, 0.717) is 11.5 Å². The summed E-state index contributed by atoms with van der Waals surface area (Å²) in [5, 5.41) is 3.37. The molecule has 0 atom stereocenters. The van der Waals surface area contributed by atoms with Gasteiger partial charge in [0.15, 0.2) is 0 Å². The van der Waals surface area contributed by atoms with Crippen molar-refractivity contribution in [2.75, 3.05) is 5.73 Å². The molecular formula is C8H12N4. The Hall–Kier alpha value is -1.71. The molecule has 0 heterocycles. The molecule has 0 aliphatic heterocycles. The van der Waals surface area contributed by atoms with E-state index >= 15 is 0 Å². The topological polar surface area (TPSA) is 90.4 Å². The van der Waals surface area contributed by atoms with Crippen molar-refractivity contribution in [1.82, 2.24) is 0 Å².